The van der Waals surface area contributed by atoms with E-state index in [4.69, 9.17) is 4.74 Å². The number of tetrazole rings is 1. The zero-order chi connectivity index (χ0) is 15.0. The lowest BCUT2D eigenvalue weighted by Gasteiger charge is -2.14. The fourth-order valence-corrected chi connectivity index (χ4v) is 4.21. The van der Waals surface area contributed by atoms with Gasteiger partial charge in [0.05, 0.1) is 18.0 Å². The summed E-state index contributed by atoms with van der Waals surface area (Å²) >= 11 is 0. The molecule has 7 nitrogen and oxygen atoms in total. The quantitative estimate of drug-likeness (QED) is 0.541. The van der Waals surface area contributed by atoms with Crippen molar-refractivity contribution in [2.24, 2.45) is 0 Å². The van der Waals surface area contributed by atoms with Crippen molar-refractivity contribution in [1.29, 1.82) is 0 Å². The highest BCUT2D eigenvalue weighted by Crippen LogP contribution is 2.37. The third kappa shape index (κ3) is 2.98. The summed E-state index contributed by atoms with van der Waals surface area (Å²) in [6.45, 7) is 6.09. The van der Waals surface area contributed by atoms with Crippen LogP contribution in [0.25, 0.3) is 11.0 Å². The Morgan fingerprint density at radius 1 is 1.29 bits per heavy atom. The molecule has 9 heteroatoms. The van der Waals surface area contributed by atoms with Gasteiger partial charge in [0.15, 0.2) is 15.1 Å². The van der Waals surface area contributed by atoms with Crippen LogP contribution in [0.4, 0.5) is 0 Å². The summed E-state index contributed by atoms with van der Waals surface area (Å²) in [4.78, 5) is 5.93. The summed E-state index contributed by atoms with van der Waals surface area (Å²) in [7, 11) is 2.69. The van der Waals surface area contributed by atoms with Gasteiger partial charge in [-0.15, -0.1) is 5.10 Å². The fourth-order valence-electron chi connectivity index (χ4n) is 1.58. The molecular weight excluding hydrogens is 308 g/mol. The van der Waals surface area contributed by atoms with Crippen LogP contribution in [-0.4, -0.2) is 36.7 Å². The summed E-state index contributed by atoms with van der Waals surface area (Å²) in [5.41, 5.74) is 0.525. The maximum atomic E-state index is 5.11. The lowest BCUT2D eigenvalue weighted by molar-refractivity contribution is 0.304. The van der Waals surface area contributed by atoms with Gasteiger partial charge in [-0.3, -0.25) is 0 Å². The first kappa shape index (κ1) is 14.2. The van der Waals surface area contributed by atoms with Crippen molar-refractivity contribution in [2.45, 2.75) is 31.5 Å². The van der Waals surface area contributed by atoms with E-state index in [0.717, 1.165) is 5.39 Å². The van der Waals surface area contributed by atoms with Crippen molar-refractivity contribution in [2.75, 3.05) is 7.11 Å². The maximum absolute atomic E-state index is 5.11. The van der Waals surface area contributed by atoms with Crippen LogP contribution in [0.5, 0.6) is 5.88 Å². The first-order valence-electron chi connectivity index (χ1n) is 6.29. The normalized spacial score (nSPS) is 12.9. The van der Waals surface area contributed by atoms with Gasteiger partial charge >= 0.3 is 0 Å². The molecule has 0 aromatic carbocycles. The van der Waals surface area contributed by atoms with Crippen LogP contribution < -0.4 is 4.74 Å². The fraction of sp³-hybridized carbons (Fsp3) is 0.417. The maximum Gasteiger partial charge on any atom is 0.289 e. The summed E-state index contributed by atoms with van der Waals surface area (Å²) in [5.74, 6) is 0.568. The van der Waals surface area contributed by atoms with Crippen LogP contribution in [0, 0.1) is 0 Å². The molecule has 0 saturated carbocycles. The molecule has 21 heavy (non-hydrogen) atoms. The molecule has 3 heterocycles. The minimum Gasteiger partial charge on any atom is -0.481 e. The number of pyridine rings is 1. The van der Waals surface area contributed by atoms with Crippen LogP contribution in [0.2, 0.25) is 0 Å². The average molecular weight is 323 g/mol. The van der Waals surface area contributed by atoms with E-state index in [1.54, 1.807) is 11.9 Å². The van der Waals surface area contributed by atoms with Crippen molar-refractivity contribution in [3.05, 3.63) is 17.5 Å². The Kier molecular flexibility index (Phi) is 3.54. The molecule has 1 unspecified atom stereocenters. The third-order valence-corrected chi connectivity index (χ3v) is 5.41. The van der Waals surface area contributed by atoms with Crippen molar-refractivity contribution in [3.8, 4) is 5.88 Å². The number of hydrogen-bond acceptors (Lipinski definition) is 7. The Balaban J connectivity index is 1.86. The number of rotatable bonds is 3. The van der Waals surface area contributed by atoms with Crippen molar-refractivity contribution >= 4 is 31.5 Å². The number of methoxy groups -OCH3 is 1. The second-order valence-electron chi connectivity index (χ2n) is 5.37. The van der Waals surface area contributed by atoms with E-state index < -0.39 is 0 Å². The Morgan fingerprint density at radius 2 is 2.10 bits per heavy atom. The molecule has 0 fully saturated rings. The predicted molar refractivity (Wildman–Crippen MR) is 82.6 cm³/mol. The molecule has 0 bridgehead atoms. The second kappa shape index (κ2) is 5.23. The van der Waals surface area contributed by atoms with Gasteiger partial charge in [-0.1, -0.05) is 5.10 Å². The summed E-state index contributed by atoms with van der Waals surface area (Å²) in [6.07, 6.45) is 0. The number of nitrogens with zero attached hydrogens (tertiary/aromatic N) is 6. The van der Waals surface area contributed by atoms with Crippen LogP contribution in [-0.2, 0) is 5.54 Å². The smallest absolute Gasteiger partial charge is 0.289 e. The van der Waals surface area contributed by atoms with Gasteiger partial charge in [0.1, 0.15) is 0 Å². The van der Waals surface area contributed by atoms with Gasteiger partial charge in [-0.2, -0.15) is 9.78 Å². The van der Waals surface area contributed by atoms with E-state index in [1.165, 1.54) is 10.8 Å². The molecule has 0 aliphatic heterocycles. The van der Waals surface area contributed by atoms with Crippen molar-refractivity contribution in [3.63, 3.8) is 0 Å². The largest absolute Gasteiger partial charge is 0.481 e. The highest BCUT2D eigenvalue weighted by molar-refractivity contribution is 8.44. The van der Waals surface area contributed by atoms with Crippen LogP contribution in [0.1, 0.15) is 20.8 Å². The highest BCUT2D eigenvalue weighted by Gasteiger charge is 2.23. The standard InChI is InChI=1S/C12H15N6OS2/c1-12(2,3)18-15-11(14-17-18)20-21-7-8-5-6-9(19-4)13-10(8)16-21/h5-7H,1-4H3/q+1. The number of fused-ring (bicyclic) bond motifs is 1. The van der Waals surface area contributed by atoms with Crippen molar-refractivity contribution in [1.82, 2.24) is 29.6 Å². The van der Waals surface area contributed by atoms with Gasteiger partial charge in [-0.25, -0.2) is 0 Å². The molecule has 0 aliphatic rings. The van der Waals surface area contributed by atoms with E-state index >= 15 is 0 Å². The Hall–Kier alpha value is -1.74. The average Bonchev–Trinajstić information content (AvgIpc) is 3.03. The van der Waals surface area contributed by atoms with E-state index in [0.29, 0.717) is 16.7 Å². The van der Waals surface area contributed by atoms with Gasteiger partial charge in [0.2, 0.25) is 22.3 Å². The van der Waals surface area contributed by atoms with Crippen LogP contribution in [0.3, 0.4) is 0 Å². The van der Waals surface area contributed by atoms with E-state index in [9.17, 15) is 0 Å². The molecule has 3 aromatic rings. The Morgan fingerprint density at radius 3 is 2.76 bits per heavy atom. The first-order valence-corrected chi connectivity index (χ1v) is 8.87. The molecule has 3 rings (SSSR count). The molecule has 0 radical (unpaired) electrons. The van der Waals surface area contributed by atoms with Crippen molar-refractivity contribution < 1.29 is 4.74 Å². The molecule has 0 aliphatic carbocycles. The molecule has 0 saturated heterocycles. The molecule has 3 aromatic heterocycles. The van der Waals surface area contributed by atoms with Crippen LogP contribution >= 0.6 is 20.5 Å². The van der Waals surface area contributed by atoms with E-state index in [-0.39, 0.29) is 15.2 Å². The topological polar surface area (TPSA) is 78.6 Å². The molecule has 0 amide bonds. The zero-order valence-corrected chi connectivity index (χ0v) is 13.8. The zero-order valence-electron chi connectivity index (χ0n) is 12.1. The molecular formula is C12H15N6OS2+. The highest BCUT2D eigenvalue weighted by atomic mass is 33.1. The van der Waals surface area contributed by atoms with Gasteiger partial charge in [0.25, 0.3) is 5.16 Å². The number of aromatic nitrogens is 6. The SMILES string of the molecule is COc1ccc2c[s+](Sc3nnn(C(C)(C)C)n3)nc2n1. The van der Waals surface area contributed by atoms with Gasteiger partial charge in [0, 0.05) is 6.07 Å². The van der Waals surface area contributed by atoms with Crippen LogP contribution in [0.15, 0.2) is 22.7 Å². The predicted octanol–water partition coefficient (Wildman–Crippen LogP) is 2.68. The molecule has 1 atom stereocenters. The summed E-state index contributed by atoms with van der Waals surface area (Å²) in [5, 5.41) is 16.2. The first-order chi connectivity index (χ1) is 9.95. The van der Waals surface area contributed by atoms with Gasteiger partial charge < -0.3 is 4.74 Å². The second-order valence-corrected chi connectivity index (χ2v) is 8.39. The number of hydrogen-bond donors (Lipinski definition) is 0. The molecule has 0 N–H and O–H groups in total. The molecule has 0 spiro atoms. The lowest BCUT2D eigenvalue weighted by Crippen LogP contribution is -2.24. The molecule has 110 valence electrons. The summed E-state index contributed by atoms with van der Waals surface area (Å²) in [6, 6.07) is 3.79. The number of ether oxygens (including phenoxy) is 1. The van der Waals surface area contributed by atoms with E-state index in [2.05, 4.69) is 30.1 Å². The van der Waals surface area contributed by atoms with E-state index in [1.807, 2.05) is 32.9 Å². The summed E-state index contributed by atoms with van der Waals surface area (Å²) < 4.78 is 9.66. The third-order valence-electron chi connectivity index (χ3n) is 2.65. The lowest BCUT2D eigenvalue weighted by atomic mass is 10.1. The monoisotopic (exact) mass is 323 g/mol. The minimum atomic E-state index is -0.378. The van der Waals surface area contributed by atoms with Gasteiger partial charge in [-0.05, 0) is 36.4 Å². The Labute approximate surface area is 128 Å². The minimum absolute atomic E-state index is 0.177. The Bertz CT molecular complexity index is 775.